The van der Waals surface area contributed by atoms with Crippen LogP contribution in [0.25, 0.3) is 0 Å². The zero-order chi connectivity index (χ0) is 8.69. The summed E-state index contributed by atoms with van der Waals surface area (Å²) in [4.78, 5) is 0. The Morgan fingerprint density at radius 2 is 2.18 bits per heavy atom. The molecule has 0 heterocycles. The minimum atomic E-state index is -0.870. The number of halogens is 1. The topological polar surface area (TPSA) is 0 Å². The van der Waals surface area contributed by atoms with Gasteiger partial charge in [0.05, 0.1) is 0 Å². The third-order valence-corrected chi connectivity index (χ3v) is 5.29. The second-order valence-electron chi connectivity index (χ2n) is 3.23. The molecule has 0 spiro atoms. The van der Waals surface area contributed by atoms with Crippen LogP contribution in [0.4, 0.5) is 0 Å². The molecule has 0 nitrogen and oxygen atoms in total. The molecule has 0 aromatic carbocycles. The molecular weight excluding hydrogens is 172 g/mol. The van der Waals surface area contributed by atoms with Crippen LogP contribution in [0.1, 0.15) is 32.6 Å². The summed E-state index contributed by atoms with van der Waals surface area (Å²) in [6, 6.07) is 0. The van der Waals surface area contributed by atoms with Crippen LogP contribution in [-0.2, 0) is 0 Å². The van der Waals surface area contributed by atoms with Gasteiger partial charge in [0.2, 0.25) is 0 Å². The SMILES string of the molecule is C=CCCCCC(C)[SiH](C)Cl. The number of hydrogen-bond acceptors (Lipinski definition) is 0. The molecule has 2 atom stereocenters. The molecule has 0 aliphatic carbocycles. The van der Waals surface area contributed by atoms with Gasteiger partial charge in [0.1, 0.15) is 8.11 Å². The van der Waals surface area contributed by atoms with Crippen molar-refractivity contribution in [2.45, 2.75) is 44.7 Å². The summed E-state index contributed by atoms with van der Waals surface area (Å²) in [5, 5.41) is 0. The molecule has 66 valence electrons. The van der Waals surface area contributed by atoms with Crippen molar-refractivity contribution >= 4 is 19.2 Å². The second-order valence-corrected chi connectivity index (χ2v) is 7.79. The van der Waals surface area contributed by atoms with Gasteiger partial charge in [-0.3, -0.25) is 0 Å². The molecule has 2 heteroatoms. The predicted molar refractivity (Wildman–Crippen MR) is 57.0 cm³/mol. The molecule has 0 aliphatic heterocycles. The Bertz CT molecular complexity index is 102. The largest absolute Gasteiger partial charge is 0.172 e. The van der Waals surface area contributed by atoms with E-state index < -0.39 is 8.11 Å². The van der Waals surface area contributed by atoms with Crippen molar-refractivity contribution in [1.29, 1.82) is 0 Å². The van der Waals surface area contributed by atoms with Crippen LogP contribution < -0.4 is 0 Å². The molecule has 0 aromatic heterocycles. The molecule has 0 N–H and O–H groups in total. The summed E-state index contributed by atoms with van der Waals surface area (Å²) < 4.78 is 0. The molecule has 0 fully saturated rings. The van der Waals surface area contributed by atoms with Crippen LogP contribution in [0.2, 0.25) is 12.1 Å². The van der Waals surface area contributed by atoms with Gasteiger partial charge in [0.15, 0.2) is 0 Å². The van der Waals surface area contributed by atoms with E-state index in [-0.39, 0.29) is 0 Å². The van der Waals surface area contributed by atoms with Gasteiger partial charge < -0.3 is 0 Å². The third-order valence-electron chi connectivity index (χ3n) is 2.10. The lowest BCUT2D eigenvalue weighted by molar-refractivity contribution is 0.669. The number of unbranched alkanes of at least 4 members (excludes halogenated alkanes) is 2. The Balaban J connectivity index is 3.17. The molecule has 0 saturated heterocycles. The smallest absolute Gasteiger partial charge is 0.140 e. The molecule has 0 saturated carbocycles. The van der Waals surface area contributed by atoms with E-state index in [2.05, 4.69) is 20.0 Å². The normalized spacial score (nSPS) is 15.9. The lowest BCUT2D eigenvalue weighted by Crippen LogP contribution is -2.05. The summed E-state index contributed by atoms with van der Waals surface area (Å²) in [5.74, 6) is 0. The highest BCUT2D eigenvalue weighted by Gasteiger charge is 2.09. The quantitative estimate of drug-likeness (QED) is 0.259. The lowest BCUT2D eigenvalue weighted by Gasteiger charge is -2.10. The molecule has 0 radical (unpaired) electrons. The Hall–Kier alpha value is 0.247. The number of allylic oxidation sites excluding steroid dienone is 1. The van der Waals surface area contributed by atoms with Crippen molar-refractivity contribution in [2.24, 2.45) is 0 Å². The van der Waals surface area contributed by atoms with E-state index in [0.29, 0.717) is 0 Å². The average molecular weight is 191 g/mol. The third kappa shape index (κ3) is 6.64. The Labute approximate surface area is 77.0 Å². The van der Waals surface area contributed by atoms with Crippen LogP contribution in [0.3, 0.4) is 0 Å². The highest BCUT2D eigenvalue weighted by molar-refractivity contribution is 7.06. The fraction of sp³-hybridized carbons (Fsp3) is 0.778. The molecule has 0 amide bonds. The summed E-state index contributed by atoms with van der Waals surface area (Å²) in [5.41, 5.74) is 0.793. The van der Waals surface area contributed by atoms with Crippen LogP contribution in [0.15, 0.2) is 12.7 Å². The molecule has 2 unspecified atom stereocenters. The van der Waals surface area contributed by atoms with Gasteiger partial charge in [-0.05, 0) is 18.4 Å². The lowest BCUT2D eigenvalue weighted by atomic mass is 10.1. The van der Waals surface area contributed by atoms with Crippen molar-refractivity contribution in [2.75, 3.05) is 0 Å². The van der Waals surface area contributed by atoms with Crippen LogP contribution in [0.5, 0.6) is 0 Å². The fourth-order valence-corrected chi connectivity index (χ4v) is 2.06. The Kier molecular flexibility index (Phi) is 7.08. The van der Waals surface area contributed by atoms with Crippen molar-refractivity contribution in [1.82, 2.24) is 0 Å². The molecular formula is C9H19ClSi. The average Bonchev–Trinajstić information content (AvgIpc) is 1.97. The summed E-state index contributed by atoms with van der Waals surface area (Å²) in [6.45, 7) is 8.18. The van der Waals surface area contributed by atoms with E-state index >= 15 is 0 Å². The minimum Gasteiger partial charge on any atom is -0.172 e. The number of rotatable bonds is 6. The van der Waals surface area contributed by atoms with Gasteiger partial charge in [0.25, 0.3) is 0 Å². The van der Waals surface area contributed by atoms with E-state index in [1.54, 1.807) is 0 Å². The van der Waals surface area contributed by atoms with Gasteiger partial charge >= 0.3 is 0 Å². The van der Waals surface area contributed by atoms with E-state index in [4.69, 9.17) is 11.1 Å². The maximum atomic E-state index is 6.06. The van der Waals surface area contributed by atoms with E-state index in [1.807, 2.05) is 6.08 Å². The number of hydrogen-bond donors (Lipinski definition) is 0. The van der Waals surface area contributed by atoms with E-state index in [9.17, 15) is 0 Å². The van der Waals surface area contributed by atoms with Crippen molar-refractivity contribution in [3.63, 3.8) is 0 Å². The maximum Gasteiger partial charge on any atom is 0.140 e. The first-order valence-corrected chi connectivity index (χ1v) is 8.00. The van der Waals surface area contributed by atoms with Crippen LogP contribution in [0, 0.1) is 0 Å². The monoisotopic (exact) mass is 190 g/mol. The van der Waals surface area contributed by atoms with Crippen molar-refractivity contribution in [3.05, 3.63) is 12.7 Å². The Morgan fingerprint density at radius 3 is 2.64 bits per heavy atom. The van der Waals surface area contributed by atoms with Gasteiger partial charge in [-0.15, -0.1) is 6.58 Å². The fourth-order valence-electron chi connectivity index (χ4n) is 0.985. The first-order valence-electron chi connectivity index (χ1n) is 4.43. The van der Waals surface area contributed by atoms with Crippen molar-refractivity contribution in [3.8, 4) is 0 Å². The summed E-state index contributed by atoms with van der Waals surface area (Å²) in [7, 11) is -0.870. The first-order chi connectivity index (χ1) is 5.18. The summed E-state index contributed by atoms with van der Waals surface area (Å²) >= 11 is 6.06. The predicted octanol–water partition coefficient (Wildman–Crippen LogP) is 3.72. The molecule has 0 aliphatic rings. The van der Waals surface area contributed by atoms with E-state index in [0.717, 1.165) is 12.0 Å². The standard InChI is InChI=1S/C9H19ClSi/c1-4-5-6-7-8-9(2)11(3)10/h4,9,11H,1,5-8H2,2-3H3. The zero-order valence-corrected chi connectivity index (χ0v) is 9.56. The second kappa shape index (κ2) is 6.93. The first kappa shape index (κ1) is 11.2. The molecule has 11 heavy (non-hydrogen) atoms. The Morgan fingerprint density at radius 1 is 1.55 bits per heavy atom. The van der Waals surface area contributed by atoms with Crippen molar-refractivity contribution < 1.29 is 0 Å². The van der Waals surface area contributed by atoms with Gasteiger partial charge in [-0.25, -0.2) is 0 Å². The van der Waals surface area contributed by atoms with E-state index in [1.165, 1.54) is 19.3 Å². The highest BCUT2D eigenvalue weighted by Crippen LogP contribution is 2.20. The molecule has 0 aromatic rings. The summed E-state index contributed by atoms with van der Waals surface area (Å²) in [6.07, 6.45) is 7.06. The van der Waals surface area contributed by atoms with Crippen LogP contribution in [-0.4, -0.2) is 8.11 Å². The van der Waals surface area contributed by atoms with Gasteiger partial charge in [0, 0.05) is 0 Å². The molecule has 0 bridgehead atoms. The maximum absolute atomic E-state index is 6.06. The highest BCUT2D eigenvalue weighted by atomic mass is 35.6. The van der Waals surface area contributed by atoms with Crippen LogP contribution >= 0.6 is 11.1 Å². The molecule has 0 rings (SSSR count). The van der Waals surface area contributed by atoms with Gasteiger partial charge in [-0.1, -0.05) is 32.4 Å². The van der Waals surface area contributed by atoms with Gasteiger partial charge in [-0.2, -0.15) is 11.1 Å². The zero-order valence-electron chi connectivity index (χ0n) is 7.65. The minimum absolute atomic E-state index is 0.793.